The van der Waals surface area contributed by atoms with Crippen LogP contribution in [-0.4, -0.2) is 31.2 Å². The Balaban J connectivity index is 2.10. The van der Waals surface area contributed by atoms with E-state index < -0.39 is 0 Å². The van der Waals surface area contributed by atoms with Gasteiger partial charge < -0.3 is 4.74 Å². The topological polar surface area (TPSA) is 63.7 Å². The summed E-state index contributed by atoms with van der Waals surface area (Å²) in [7, 11) is 0. The largest absolute Gasteiger partial charge is 0.479 e. The van der Waals surface area contributed by atoms with E-state index in [9.17, 15) is 0 Å². The number of fused-ring (bicyclic) bond motifs is 1. The SMILES string of the molecule is CCOC(=S)SC(CCC#N)Cn1nnc2ccccc21. The predicted molar refractivity (Wildman–Crippen MR) is 88.0 cm³/mol. The number of hydrogen-bond acceptors (Lipinski definition) is 6. The van der Waals surface area contributed by atoms with Crippen molar-refractivity contribution in [1.82, 2.24) is 15.0 Å². The van der Waals surface area contributed by atoms with Gasteiger partial charge in [-0.2, -0.15) is 5.26 Å². The highest BCUT2D eigenvalue weighted by molar-refractivity contribution is 8.23. The number of benzene rings is 1. The van der Waals surface area contributed by atoms with Crippen molar-refractivity contribution in [3.8, 4) is 6.07 Å². The van der Waals surface area contributed by atoms with Gasteiger partial charge in [0, 0.05) is 11.7 Å². The Kier molecular flexibility index (Phi) is 5.96. The summed E-state index contributed by atoms with van der Waals surface area (Å²) < 4.78 is 7.70. The minimum atomic E-state index is 0.147. The molecule has 21 heavy (non-hydrogen) atoms. The van der Waals surface area contributed by atoms with Crippen molar-refractivity contribution in [2.75, 3.05) is 6.61 Å². The zero-order valence-electron chi connectivity index (χ0n) is 11.7. The van der Waals surface area contributed by atoms with E-state index in [1.54, 1.807) is 0 Å². The van der Waals surface area contributed by atoms with E-state index in [1.807, 2.05) is 35.9 Å². The Labute approximate surface area is 133 Å². The molecule has 1 aromatic carbocycles. The fourth-order valence-electron chi connectivity index (χ4n) is 1.95. The predicted octanol–water partition coefficient (Wildman–Crippen LogP) is 3.16. The van der Waals surface area contributed by atoms with Crippen LogP contribution in [0, 0.1) is 11.3 Å². The van der Waals surface area contributed by atoms with E-state index in [1.165, 1.54) is 11.8 Å². The number of nitriles is 1. The monoisotopic (exact) mass is 320 g/mol. The number of rotatable bonds is 6. The number of aromatic nitrogens is 3. The molecular formula is C14H16N4OS2. The molecule has 0 N–H and O–H groups in total. The Morgan fingerprint density at radius 1 is 1.52 bits per heavy atom. The molecule has 0 fully saturated rings. The van der Waals surface area contributed by atoms with Crippen molar-refractivity contribution in [2.45, 2.75) is 31.6 Å². The first-order chi connectivity index (χ1) is 10.2. The van der Waals surface area contributed by atoms with E-state index in [-0.39, 0.29) is 5.25 Å². The molecule has 2 aromatic rings. The fraction of sp³-hybridized carbons (Fsp3) is 0.429. The molecule has 1 heterocycles. The van der Waals surface area contributed by atoms with E-state index in [4.69, 9.17) is 22.2 Å². The molecule has 0 saturated carbocycles. The average molecular weight is 320 g/mol. The van der Waals surface area contributed by atoms with Crippen LogP contribution in [0.3, 0.4) is 0 Å². The van der Waals surface area contributed by atoms with Crippen molar-refractivity contribution in [1.29, 1.82) is 5.26 Å². The van der Waals surface area contributed by atoms with Gasteiger partial charge in [-0.15, -0.1) is 5.10 Å². The van der Waals surface area contributed by atoms with E-state index in [0.29, 0.717) is 24.0 Å². The van der Waals surface area contributed by atoms with Crippen LogP contribution in [0.25, 0.3) is 11.0 Å². The van der Waals surface area contributed by atoms with Crippen LogP contribution >= 0.6 is 24.0 Å². The van der Waals surface area contributed by atoms with Crippen LogP contribution in [0.5, 0.6) is 0 Å². The third kappa shape index (κ3) is 4.41. The number of thiocarbonyl (C=S) groups is 1. The maximum absolute atomic E-state index is 8.79. The van der Waals surface area contributed by atoms with Crippen molar-refractivity contribution in [3.63, 3.8) is 0 Å². The molecule has 1 atom stereocenters. The molecule has 0 saturated heterocycles. The molecule has 0 radical (unpaired) electrons. The summed E-state index contributed by atoms with van der Waals surface area (Å²) in [5.74, 6) is 0. The second-order valence-corrected chi connectivity index (χ2v) is 6.28. The molecule has 110 valence electrons. The lowest BCUT2D eigenvalue weighted by molar-refractivity contribution is 0.346. The minimum absolute atomic E-state index is 0.147. The average Bonchev–Trinajstić information content (AvgIpc) is 2.88. The Morgan fingerprint density at radius 3 is 3.10 bits per heavy atom. The van der Waals surface area contributed by atoms with E-state index in [0.717, 1.165) is 17.5 Å². The molecule has 0 aliphatic rings. The maximum atomic E-state index is 8.79. The maximum Gasteiger partial charge on any atom is 0.220 e. The molecule has 0 aliphatic carbocycles. The molecule has 0 aliphatic heterocycles. The van der Waals surface area contributed by atoms with Crippen LogP contribution in [0.15, 0.2) is 24.3 Å². The summed E-state index contributed by atoms with van der Waals surface area (Å²) in [5, 5.41) is 17.3. The highest BCUT2D eigenvalue weighted by Crippen LogP contribution is 2.22. The number of ether oxygens (including phenoxy) is 1. The Hall–Kier alpha value is -1.65. The first-order valence-corrected chi connectivity index (χ1v) is 8.02. The second-order valence-electron chi connectivity index (χ2n) is 4.38. The summed E-state index contributed by atoms with van der Waals surface area (Å²) in [6, 6.07) is 10.00. The Bertz CT molecular complexity index is 650. The van der Waals surface area contributed by atoms with Gasteiger partial charge in [0.2, 0.25) is 4.38 Å². The van der Waals surface area contributed by atoms with Gasteiger partial charge in [0.25, 0.3) is 0 Å². The molecule has 0 spiro atoms. The molecule has 2 rings (SSSR count). The highest BCUT2D eigenvalue weighted by atomic mass is 32.2. The van der Waals surface area contributed by atoms with Crippen LogP contribution in [-0.2, 0) is 11.3 Å². The van der Waals surface area contributed by atoms with Gasteiger partial charge in [-0.1, -0.05) is 29.1 Å². The molecule has 7 heteroatoms. The van der Waals surface area contributed by atoms with Crippen LogP contribution in [0.1, 0.15) is 19.8 Å². The first kappa shape index (κ1) is 15.7. The minimum Gasteiger partial charge on any atom is -0.479 e. The van der Waals surface area contributed by atoms with E-state index >= 15 is 0 Å². The summed E-state index contributed by atoms with van der Waals surface area (Å²) in [6.45, 7) is 3.12. The van der Waals surface area contributed by atoms with E-state index in [2.05, 4.69) is 16.4 Å². The number of para-hydroxylation sites is 1. The zero-order chi connectivity index (χ0) is 15.1. The van der Waals surface area contributed by atoms with Gasteiger partial charge in [-0.25, -0.2) is 4.68 Å². The number of nitrogens with zero attached hydrogens (tertiary/aromatic N) is 4. The summed E-state index contributed by atoms with van der Waals surface area (Å²) in [6.07, 6.45) is 1.22. The first-order valence-electron chi connectivity index (χ1n) is 6.73. The smallest absolute Gasteiger partial charge is 0.220 e. The number of hydrogen-bond donors (Lipinski definition) is 0. The normalized spacial score (nSPS) is 12.0. The van der Waals surface area contributed by atoms with Crippen molar-refractivity contribution < 1.29 is 4.74 Å². The third-order valence-electron chi connectivity index (χ3n) is 2.90. The molecule has 1 aromatic heterocycles. The van der Waals surface area contributed by atoms with Crippen molar-refractivity contribution in [3.05, 3.63) is 24.3 Å². The lowest BCUT2D eigenvalue weighted by atomic mass is 10.2. The second kappa shape index (κ2) is 7.96. The molecule has 1 unspecified atom stereocenters. The van der Waals surface area contributed by atoms with Crippen molar-refractivity contribution in [2.24, 2.45) is 0 Å². The Morgan fingerprint density at radius 2 is 2.33 bits per heavy atom. The van der Waals surface area contributed by atoms with Gasteiger partial charge in [-0.05, 0) is 37.7 Å². The molecule has 0 amide bonds. The highest BCUT2D eigenvalue weighted by Gasteiger charge is 2.16. The summed E-state index contributed by atoms with van der Waals surface area (Å²) in [5.41, 5.74) is 1.86. The van der Waals surface area contributed by atoms with Gasteiger partial charge in [0.15, 0.2) is 0 Å². The van der Waals surface area contributed by atoms with Gasteiger partial charge >= 0.3 is 0 Å². The summed E-state index contributed by atoms with van der Waals surface area (Å²) >= 11 is 6.67. The fourth-order valence-corrected chi connectivity index (χ4v) is 3.38. The lowest BCUT2D eigenvalue weighted by Crippen LogP contribution is -2.17. The summed E-state index contributed by atoms with van der Waals surface area (Å²) in [4.78, 5) is 0. The third-order valence-corrected chi connectivity index (χ3v) is 4.33. The van der Waals surface area contributed by atoms with Gasteiger partial charge in [-0.3, -0.25) is 0 Å². The molecular weight excluding hydrogens is 304 g/mol. The molecule has 5 nitrogen and oxygen atoms in total. The molecule has 0 bridgehead atoms. The van der Waals surface area contributed by atoms with Crippen LogP contribution in [0.4, 0.5) is 0 Å². The standard InChI is InChI=1S/C14H16N4OS2/c1-2-19-14(20)21-11(6-5-9-15)10-18-13-8-4-3-7-12(13)16-17-18/h3-4,7-8,11H,2,5-6,10H2,1H3. The quantitative estimate of drug-likeness (QED) is 0.762. The van der Waals surface area contributed by atoms with Crippen LogP contribution < -0.4 is 0 Å². The van der Waals surface area contributed by atoms with Crippen molar-refractivity contribution >= 4 is 39.4 Å². The van der Waals surface area contributed by atoms with Gasteiger partial charge in [0.1, 0.15) is 5.52 Å². The zero-order valence-corrected chi connectivity index (χ0v) is 13.4. The number of thioether (sulfide) groups is 1. The van der Waals surface area contributed by atoms with Crippen LogP contribution in [0.2, 0.25) is 0 Å². The van der Waals surface area contributed by atoms with Gasteiger partial charge in [0.05, 0.1) is 24.7 Å². The lowest BCUT2D eigenvalue weighted by Gasteiger charge is -2.15.